The van der Waals surface area contributed by atoms with Gasteiger partial charge in [0.25, 0.3) is 5.91 Å². The molecular formula is C22H28FN3O3. The average Bonchev–Trinajstić information content (AvgIpc) is 2.96. The second-order valence-electron chi connectivity index (χ2n) is 9.36. The lowest BCUT2D eigenvalue weighted by Gasteiger charge is -2.41. The fourth-order valence-corrected chi connectivity index (χ4v) is 4.78. The van der Waals surface area contributed by atoms with Gasteiger partial charge in [-0.2, -0.15) is 0 Å². The minimum absolute atomic E-state index is 0.107. The molecule has 2 fully saturated rings. The van der Waals surface area contributed by atoms with Crippen LogP contribution in [0.5, 0.6) is 0 Å². The van der Waals surface area contributed by atoms with Gasteiger partial charge in [0.1, 0.15) is 11.9 Å². The highest BCUT2D eigenvalue weighted by molar-refractivity contribution is 6.05. The summed E-state index contributed by atoms with van der Waals surface area (Å²) in [5, 5.41) is 2.29. The molecule has 0 saturated carbocycles. The highest BCUT2D eigenvalue weighted by Crippen LogP contribution is 2.36. The molecule has 3 amide bonds. The van der Waals surface area contributed by atoms with Crippen molar-refractivity contribution in [1.29, 1.82) is 0 Å². The number of hydrogen-bond acceptors (Lipinski definition) is 4. The summed E-state index contributed by atoms with van der Waals surface area (Å²) in [6.45, 7) is 8.71. The summed E-state index contributed by atoms with van der Waals surface area (Å²) in [5.41, 5.74) is 1.89. The molecule has 29 heavy (non-hydrogen) atoms. The van der Waals surface area contributed by atoms with Crippen LogP contribution in [0.4, 0.5) is 4.39 Å². The summed E-state index contributed by atoms with van der Waals surface area (Å²) in [5.74, 6) is -1.29. The molecule has 0 aliphatic carbocycles. The zero-order valence-electron chi connectivity index (χ0n) is 17.3. The van der Waals surface area contributed by atoms with Gasteiger partial charge in [-0.3, -0.25) is 24.6 Å². The minimum Gasteiger partial charge on any atom is -0.322 e. The number of benzene rings is 1. The highest BCUT2D eigenvalue weighted by Gasteiger charge is 2.40. The summed E-state index contributed by atoms with van der Waals surface area (Å²) in [6.07, 6.45) is 2.29. The monoisotopic (exact) mass is 401 g/mol. The molecule has 6 nitrogen and oxygen atoms in total. The zero-order valence-corrected chi connectivity index (χ0v) is 17.3. The normalized spacial score (nSPS) is 24.1. The summed E-state index contributed by atoms with van der Waals surface area (Å²) in [4.78, 5) is 40.3. The maximum absolute atomic E-state index is 14.9. The maximum atomic E-state index is 14.9. The van der Waals surface area contributed by atoms with Crippen molar-refractivity contribution in [3.8, 4) is 0 Å². The Morgan fingerprint density at radius 3 is 2.38 bits per heavy atom. The third kappa shape index (κ3) is 3.68. The molecule has 7 heteroatoms. The van der Waals surface area contributed by atoms with Crippen molar-refractivity contribution in [3.05, 3.63) is 34.6 Å². The van der Waals surface area contributed by atoms with Gasteiger partial charge in [0.15, 0.2) is 0 Å². The molecule has 3 heterocycles. The van der Waals surface area contributed by atoms with E-state index < -0.39 is 11.9 Å². The lowest BCUT2D eigenvalue weighted by Crippen LogP contribution is -2.52. The fourth-order valence-electron chi connectivity index (χ4n) is 4.78. The number of likely N-dealkylation sites (tertiary alicyclic amines) is 1. The Bertz CT molecular complexity index is 869. The first-order valence-corrected chi connectivity index (χ1v) is 10.4. The van der Waals surface area contributed by atoms with E-state index in [1.807, 2.05) is 6.07 Å². The van der Waals surface area contributed by atoms with Gasteiger partial charge >= 0.3 is 0 Å². The van der Waals surface area contributed by atoms with Crippen molar-refractivity contribution in [3.63, 3.8) is 0 Å². The number of imide groups is 1. The first-order valence-electron chi connectivity index (χ1n) is 10.4. The molecule has 0 radical (unpaired) electrons. The van der Waals surface area contributed by atoms with E-state index >= 15 is 0 Å². The van der Waals surface area contributed by atoms with E-state index in [1.54, 1.807) is 0 Å². The summed E-state index contributed by atoms with van der Waals surface area (Å²) < 4.78 is 14.9. The van der Waals surface area contributed by atoms with Crippen LogP contribution in [-0.4, -0.2) is 52.2 Å². The number of hydrogen-bond donors (Lipinski definition) is 1. The van der Waals surface area contributed by atoms with Crippen LogP contribution in [-0.2, 0) is 16.1 Å². The van der Waals surface area contributed by atoms with Crippen molar-refractivity contribution in [2.24, 2.45) is 0 Å². The van der Waals surface area contributed by atoms with Gasteiger partial charge in [0, 0.05) is 24.1 Å². The molecule has 2 saturated heterocycles. The molecule has 0 unspecified atom stereocenters. The van der Waals surface area contributed by atoms with E-state index in [0.29, 0.717) is 17.5 Å². The molecule has 1 N–H and O–H groups in total. The molecular weight excluding hydrogens is 373 g/mol. The highest BCUT2D eigenvalue weighted by atomic mass is 19.1. The Labute approximate surface area is 170 Å². The molecule has 4 rings (SSSR count). The quantitative estimate of drug-likeness (QED) is 0.774. The first kappa shape index (κ1) is 20.0. The zero-order chi connectivity index (χ0) is 20.9. The van der Waals surface area contributed by atoms with Crippen LogP contribution >= 0.6 is 0 Å². The van der Waals surface area contributed by atoms with Crippen molar-refractivity contribution in [2.45, 2.75) is 70.5 Å². The Morgan fingerprint density at radius 2 is 1.76 bits per heavy atom. The van der Waals surface area contributed by atoms with Gasteiger partial charge in [0.2, 0.25) is 11.8 Å². The SMILES string of the molecule is CC(C)(C)N1CCC(c2cc3c(cc2F)C(=O)N([C@@H]2CCC(=O)NC2=O)C3)CC1. The fraction of sp³-hybridized carbons (Fsp3) is 0.591. The second kappa shape index (κ2) is 7.20. The predicted molar refractivity (Wildman–Crippen MR) is 106 cm³/mol. The van der Waals surface area contributed by atoms with Crippen LogP contribution in [0.25, 0.3) is 0 Å². The van der Waals surface area contributed by atoms with Crippen molar-refractivity contribution < 1.29 is 18.8 Å². The van der Waals surface area contributed by atoms with Gasteiger partial charge in [-0.15, -0.1) is 0 Å². The molecule has 1 aromatic rings. The topological polar surface area (TPSA) is 69.7 Å². The molecule has 1 atom stereocenters. The third-order valence-corrected chi connectivity index (χ3v) is 6.52. The van der Waals surface area contributed by atoms with Crippen molar-refractivity contribution >= 4 is 17.7 Å². The van der Waals surface area contributed by atoms with E-state index in [0.717, 1.165) is 31.5 Å². The lowest BCUT2D eigenvalue weighted by atomic mass is 9.86. The molecule has 0 bridgehead atoms. The number of amides is 3. The number of halogens is 1. The van der Waals surface area contributed by atoms with Crippen LogP contribution in [0.3, 0.4) is 0 Å². The number of carbonyl (C=O) groups excluding carboxylic acids is 3. The Morgan fingerprint density at radius 1 is 1.07 bits per heavy atom. The summed E-state index contributed by atoms with van der Waals surface area (Å²) in [7, 11) is 0. The van der Waals surface area contributed by atoms with Gasteiger partial charge in [-0.05, 0) is 76.2 Å². The van der Waals surface area contributed by atoms with Crippen LogP contribution in [0, 0.1) is 5.82 Å². The van der Waals surface area contributed by atoms with Gasteiger partial charge < -0.3 is 4.90 Å². The molecule has 1 aromatic carbocycles. The van der Waals surface area contributed by atoms with Crippen LogP contribution in [0.2, 0.25) is 0 Å². The minimum atomic E-state index is -0.672. The van der Waals surface area contributed by atoms with Crippen LogP contribution < -0.4 is 5.32 Å². The van der Waals surface area contributed by atoms with Gasteiger partial charge in [-0.25, -0.2) is 4.39 Å². The Kier molecular flexibility index (Phi) is 4.97. The number of fused-ring (bicyclic) bond motifs is 1. The van der Waals surface area contributed by atoms with Gasteiger partial charge in [0.05, 0.1) is 0 Å². The van der Waals surface area contributed by atoms with E-state index in [9.17, 15) is 18.8 Å². The smallest absolute Gasteiger partial charge is 0.255 e. The van der Waals surface area contributed by atoms with E-state index in [2.05, 4.69) is 31.0 Å². The maximum Gasteiger partial charge on any atom is 0.255 e. The standard InChI is InChI=1S/C22H28FN3O3/c1-22(2,3)25-8-6-13(7-9-25)15-10-14-12-26(21(29)16(14)11-17(15)23)18-4-5-19(27)24-20(18)28/h10-11,13,18H,4-9,12H2,1-3H3,(H,24,27,28)/t18-/m1/s1. The molecule has 0 aromatic heterocycles. The average molecular weight is 401 g/mol. The third-order valence-electron chi connectivity index (χ3n) is 6.52. The predicted octanol–water partition coefficient (Wildman–Crippen LogP) is 2.56. The number of rotatable bonds is 2. The summed E-state index contributed by atoms with van der Waals surface area (Å²) >= 11 is 0. The molecule has 156 valence electrons. The molecule has 3 aliphatic heterocycles. The van der Waals surface area contributed by atoms with Crippen molar-refractivity contribution in [1.82, 2.24) is 15.1 Å². The van der Waals surface area contributed by atoms with E-state index in [4.69, 9.17) is 0 Å². The van der Waals surface area contributed by atoms with E-state index in [-0.39, 0.29) is 42.1 Å². The number of piperidine rings is 2. The van der Waals surface area contributed by atoms with E-state index in [1.165, 1.54) is 11.0 Å². The Balaban J connectivity index is 1.53. The van der Waals surface area contributed by atoms with Crippen LogP contribution in [0.15, 0.2) is 12.1 Å². The largest absolute Gasteiger partial charge is 0.322 e. The van der Waals surface area contributed by atoms with Gasteiger partial charge in [-0.1, -0.05) is 6.07 Å². The first-order chi connectivity index (χ1) is 13.6. The second-order valence-corrected chi connectivity index (χ2v) is 9.36. The molecule has 0 spiro atoms. The number of nitrogens with one attached hydrogen (secondary N) is 1. The Hall–Kier alpha value is -2.28. The van der Waals surface area contributed by atoms with Crippen molar-refractivity contribution in [2.75, 3.05) is 13.1 Å². The lowest BCUT2D eigenvalue weighted by molar-refractivity contribution is -0.136. The number of carbonyl (C=O) groups is 3. The number of nitrogens with zero attached hydrogens (tertiary/aromatic N) is 2. The molecule has 3 aliphatic rings. The summed E-state index contributed by atoms with van der Waals surface area (Å²) in [6, 6.07) is 2.50. The van der Waals surface area contributed by atoms with Crippen LogP contribution in [0.1, 0.15) is 73.9 Å².